The topological polar surface area (TPSA) is 69.2 Å². The lowest BCUT2D eigenvalue weighted by molar-refractivity contribution is 0.0730. The van der Waals surface area contributed by atoms with Gasteiger partial charge in [-0.3, -0.25) is 9.89 Å². The summed E-state index contributed by atoms with van der Waals surface area (Å²) in [7, 11) is 0. The smallest absolute Gasteiger partial charge is 0.273 e. The van der Waals surface area contributed by atoms with Crippen LogP contribution in [0.2, 0.25) is 5.02 Å². The van der Waals surface area contributed by atoms with E-state index in [-0.39, 0.29) is 23.1 Å². The Morgan fingerprint density at radius 1 is 1.06 bits per heavy atom. The number of carbonyl (C=O) groups is 1. The number of phenolic OH excluding ortho intramolecular Hbond substituents is 1. The van der Waals surface area contributed by atoms with Crippen molar-refractivity contribution in [1.29, 1.82) is 0 Å². The molecular formula is C29H28ClN3O2. The summed E-state index contributed by atoms with van der Waals surface area (Å²) in [6.45, 7) is 8.83. The van der Waals surface area contributed by atoms with Crippen LogP contribution in [0, 0.1) is 6.92 Å². The van der Waals surface area contributed by atoms with E-state index in [1.165, 1.54) is 5.56 Å². The zero-order chi connectivity index (χ0) is 24.9. The van der Waals surface area contributed by atoms with Crippen molar-refractivity contribution in [3.63, 3.8) is 0 Å². The molecule has 2 N–H and O–H groups in total. The second-order valence-electron chi connectivity index (χ2n) is 10.2. The van der Waals surface area contributed by atoms with Crippen LogP contribution in [-0.2, 0) is 12.0 Å². The average Bonchev–Trinajstić information content (AvgIpc) is 3.36. The minimum absolute atomic E-state index is 0.0180. The van der Waals surface area contributed by atoms with E-state index in [0.29, 0.717) is 28.5 Å². The molecule has 5 nitrogen and oxygen atoms in total. The van der Waals surface area contributed by atoms with E-state index < -0.39 is 0 Å². The van der Waals surface area contributed by atoms with E-state index in [9.17, 15) is 9.90 Å². The number of nitrogens with one attached hydrogen (secondary N) is 1. The van der Waals surface area contributed by atoms with E-state index in [1.54, 1.807) is 12.1 Å². The van der Waals surface area contributed by atoms with Gasteiger partial charge in [-0.1, -0.05) is 87.0 Å². The molecule has 0 radical (unpaired) electrons. The van der Waals surface area contributed by atoms with Gasteiger partial charge in [0.1, 0.15) is 17.1 Å². The minimum Gasteiger partial charge on any atom is -0.507 e. The molecule has 0 saturated carbocycles. The number of carbonyl (C=O) groups excluding carboxylic acids is 1. The molecule has 5 rings (SSSR count). The Morgan fingerprint density at radius 2 is 1.74 bits per heavy atom. The summed E-state index contributed by atoms with van der Waals surface area (Å²) in [6, 6.07) is 21.4. The number of hydrogen-bond acceptors (Lipinski definition) is 3. The molecule has 1 aliphatic heterocycles. The number of hydrogen-bond donors (Lipinski definition) is 2. The van der Waals surface area contributed by atoms with Gasteiger partial charge in [-0.15, -0.1) is 0 Å². The Morgan fingerprint density at radius 3 is 2.40 bits per heavy atom. The monoisotopic (exact) mass is 485 g/mol. The van der Waals surface area contributed by atoms with Gasteiger partial charge in [0.25, 0.3) is 5.91 Å². The summed E-state index contributed by atoms with van der Waals surface area (Å²) in [6.07, 6.45) is 0. The number of halogens is 1. The molecule has 1 unspecified atom stereocenters. The molecule has 1 aliphatic rings. The van der Waals surface area contributed by atoms with Crippen molar-refractivity contribution in [1.82, 2.24) is 15.1 Å². The summed E-state index contributed by atoms with van der Waals surface area (Å²) in [5.41, 5.74) is 6.27. The fourth-order valence-corrected chi connectivity index (χ4v) is 4.88. The Bertz CT molecular complexity index is 1400. The van der Waals surface area contributed by atoms with E-state index >= 15 is 0 Å². The van der Waals surface area contributed by atoms with Crippen LogP contribution in [0.3, 0.4) is 0 Å². The number of benzene rings is 3. The summed E-state index contributed by atoms with van der Waals surface area (Å²) < 4.78 is 0. The number of aromatic hydroxyl groups is 1. The molecule has 6 heteroatoms. The third-order valence-corrected chi connectivity index (χ3v) is 7.09. The maximum absolute atomic E-state index is 13.6. The van der Waals surface area contributed by atoms with Gasteiger partial charge in [-0.2, -0.15) is 5.10 Å². The third-order valence-electron chi connectivity index (χ3n) is 6.68. The molecule has 1 atom stereocenters. The van der Waals surface area contributed by atoms with Gasteiger partial charge in [0.2, 0.25) is 0 Å². The highest BCUT2D eigenvalue weighted by molar-refractivity contribution is 6.31. The lowest BCUT2D eigenvalue weighted by atomic mass is 9.85. The number of aromatic nitrogens is 2. The Hall–Kier alpha value is -3.57. The molecule has 1 aromatic heterocycles. The van der Waals surface area contributed by atoms with Gasteiger partial charge in [0.15, 0.2) is 0 Å². The van der Waals surface area contributed by atoms with Crippen LogP contribution in [0.25, 0.3) is 11.3 Å². The highest BCUT2D eigenvalue weighted by Crippen LogP contribution is 2.46. The molecule has 0 saturated heterocycles. The second-order valence-corrected chi connectivity index (χ2v) is 10.6. The Kier molecular flexibility index (Phi) is 5.68. The summed E-state index contributed by atoms with van der Waals surface area (Å²) >= 11 is 6.41. The highest BCUT2D eigenvalue weighted by atomic mass is 35.5. The van der Waals surface area contributed by atoms with Gasteiger partial charge in [0.05, 0.1) is 6.04 Å². The summed E-state index contributed by atoms with van der Waals surface area (Å²) in [5, 5.41) is 18.7. The lowest BCUT2D eigenvalue weighted by Crippen LogP contribution is -2.29. The van der Waals surface area contributed by atoms with E-state index in [0.717, 1.165) is 22.3 Å². The number of phenols is 1. The normalized spacial score (nSPS) is 15.5. The Balaban J connectivity index is 1.67. The maximum Gasteiger partial charge on any atom is 0.273 e. The van der Waals surface area contributed by atoms with E-state index in [4.69, 9.17) is 11.6 Å². The van der Waals surface area contributed by atoms with Crippen LogP contribution >= 0.6 is 11.6 Å². The third kappa shape index (κ3) is 4.10. The van der Waals surface area contributed by atoms with Crippen molar-refractivity contribution < 1.29 is 9.90 Å². The average molecular weight is 486 g/mol. The zero-order valence-electron chi connectivity index (χ0n) is 20.3. The SMILES string of the molecule is Cc1cc(O)c(-c2n[nH]c3c2C(c2ccc(C(C)(C)C)cc2)N(Cc2ccccc2)C3=O)cc1Cl. The first-order chi connectivity index (χ1) is 16.6. The van der Waals surface area contributed by atoms with E-state index in [1.807, 2.05) is 42.2 Å². The van der Waals surface area contributed by atoms with Crippen molar-refractivity contribution >= 4 is 17.5 Å². The molecule has 35 heavy (non-hydrogen) atoms. The molecule has 178 valence electrons. The van der Waals surface area contributed by atoms with Crippen molar-refractivity contribution in [2.45, 2.75) is 45.7 Å². The van der Waals surface area contributed by atoms with Gasteiger partial charge in [-0.05, 0) is 46.7 Å². The fourth-order valence-electron chi connectivity index (χ4n) is 4.71. The molecule has 1 amide bonds. The standard InChI is InChI=1S/C29H28ClN3O2/c1-17-14-23(34)21(15-22(17)30)25-24-26(32-31-25)28(35)33(16-18-8-6-5-7-9-18)27(24)19-10-12-20(13-11-19)29(2,3)4/h5-15,27,34H,16H2,1-4H3,(H,31,32). The maximum atomic E-state index is 13.6. The largest absolute Gasteiger partial charge is 0.507 e. The van der Waals surface area contributed by atoms with Crippen molar-refractivity contribution in [3.8, 4) is 17.0 Å². The summed E-state index contributed by atoms with van der Waals surface area (Å²) in [4.78, 5) is 15.5. The van der Waals surface area contributed by atoms with Gasteiger partial charge >= 0.3 is 0 Å². The van der Waals surface area contributed by atoms with Crippen LogP contribution in [0.4, 0.5) is 0 Å². The van der Waals surface area contributed by atoms with Crippen molar-refractivity contribution in [3.05, 3.63) is 105 Å². The molecule has 0 bridgehead atoms. The van der Waals surface area contributed by atoms with Crippen LogP contribution < -0.4 is 0 Å². The number of fused-ring (bicyclic) bond motifs is 1. The second kappa shape index (κ2) is 8.58. The molecule has 0 spiro atoms. The van der Waals surface area contributed by atoms with Crippen molar-refractivity contribution in [2.24, 2.45) is 0 Å². The number of aromatic amines is 1. The number of amides is 1. The predicted octanol–water partition coefficient (Wildman–Crippen LogP) is 6.79. The Labute approximate surface area is 210 Å². The van der Waals surface area contributed by atoms with Gasteiger partial charge in [0, 0.05) is 22.7 Å². The van der Waals surface area contributed by atoms with Crippen LogP contribution in [0.1, 0.15) is 65.1 Å². The molecule has 2 heterocycles. The lowest BCUT2D eigenvalue weighted by Gasteiger charge is -2.27. The first-order valence-electron chi connectivity index (χ1n) is 11.7. The van der Waals surface area contributed by atoms with Crippen molar-refractivity contribution in [2.75, 3.05) is 0 Å². The quantitative estimate of drug-likeness (QED) is 0.334. The molecule has 3 aromatic carbocycles. The molecular weight excluding hydrogens is 458 g/mol. The van der Waals surface area contributed by atoms with Crippen LogP contribution in [0.15, 0.2) is 66.7 Å². The van der Waals surface area contributed by atoms with Crippen LogP contribution in [0.5, 0.6) is 5.75 Å². The van der Waals surface area contributed by atoms with Gasteiger partial charge in [-0.25, -0.2) is 0 Å². The van der Waals surface area contributed by atoms with Gasteiger partial charge < -0.3 is 10.0 Å². The number of H-pyrrole nitrogens is 1. The molecule has 4 aromatic rings. The first-order valence-corrected chi connectivity index (χ1v) is 12.1. The fraction of sp³-hybridized carbons (Fsp3) is 0.241. The van der Waals surface area contributed by atoms with Crippen LogP contribution in [-0.4, -0.2) is 26.1 Å². The predicted molar refractivity (Wildman–Crippen MR) is 139 cm³/mol. The number of aryl methyl sites for hydroxylation is 1. The zero-order valence-corrected chi connectivity index (χ0v) is 21.0. The number of nitrogens with zero attached hydrogens (tertiary/aromatic N) is 2. The first kappa shape index (κ1) is 23.2. The minimum atomic E-state index is -0.361. The summed E-state index contributed by atoms with van der Waals surface area (Å²) in [5.74, 6) is -0.0396. The van der Waals surface area contributed by atoms with E-state index in [2.05, 4.69) is 55.2 Å². The number of rotatable bonds is 4. The molecule has 0 fully saturated rings. The molecule has 0 aliphatic carbocycles. The highest BCUT2D eigenvalue weighted by Gasteiger charge is 2.42.